The Morgan fingerprint density at radius 3 is 2.41 bits per heavy atom. The number of likely N-dealkylation sites (tertiary alicyclic amines) is 1. The molecule has 3 heterocycles. The van der Waals surface area contributed by atoms with E-state index in [1.807, 2.05) is 6.92 Å². The van der Waals surface area contributed by atoms with Crippen molar-refractivity contribution in [1.82, 2.24) is 9.88 Å². The molecule has 9 heteroatoms. The highest BCUT2D eigenvalue weighted by Gasteiger charge is 2.40. The summed E-state index contributed by atoms with van der Waals surface area (Å²) >= 11 is 0. The van der Waals surface area contributed by atoms with Crippen molar-refractivity contribution in [3.05, 3.63) is 53.7 Å². The highest BCUT2D eigenvalue weighted by molar-refractivity contribution is 5.96. The normalized spacial score (nSPS) is 20.9. The zero-order chi connectivity index (χ0) is 22.5. The van der Waals surface area contributed by atoms with Crippen LogP contribution in [0.5, 0.6) is 11.6 Å². The molecule has 0 N–H and O–H groups in total. The van der Waals surface area contributed by atoms with Gasteiger partial charge in [0.1, 0.15) is 29.6 Å². The maximum Gasteiger partial charge on any atom is 0.337 e. The van der Waals surface area contributed by atoms with E-state index in [0.717, 1.165) is 0 Å². The summed E-state index contributed by atoms with van der Waals surface area (Å²) in [6.07, 6.45) is 0.838. The SMILES string of the molecule is CCOc1ncccc1C(=O)N1C[C@@H]2OCC(Oc3ccc(C(=O)OC)cc3)CO[C@H]2C1. The van der Waals surface area contributed by atoms with Crippen LogP contribution in [0.2, 0.25) is 0 Å². The van der Waals surface area contributed by atoms with Crippen molar-refractivity contribution in [1.29, 1.82) is 0 Å². The maximum atomic E-state index is 13.0. The van der Waals surface area contributed by atoms with Gasteiger partial charge in [0.2, 0.25) is 5.88 Å². The van der Waals surface area contributed by atoms with E-state index in [1.165, 1.54) is 7.11 Å². The first kappa shape index (κ1) is 22.0. The molecule has 0 aliphatic carbocycles. The number of rotatable bonds is 6. The molecule has 1 amide bonds. The lowest BCUT2D eigenvalue weighted by molar-refractivity contribution is -0.00461. The van der Waals surface area contributed by atoms with Gasteiger partial charge in [-0.1, -0.05) is 0 Å². The molecule has 2 saturated heterocycles. The number of carbonyl (C=O) groups excluding carboxylic acids is 2. The third-order valence-electron chi connectivity index (χ3n) is 5.36. The van der Waals surface area contributed by atoms with E-state index in [2.05, 4.69) is 4.98 Å². The number of aromatic nitrogens is 1. The predicted molar refractivity (Wildman–Crippen MR) is 113 cm³/mol. The van der Waals surface area contributed by atoms with E-state index in [1.54, 1.807) is 47.5 Å². The van der Waals surface area contributed by atoms with Crippen LogP contribution in [0.4, 0.5) is 0 Å². The van der Waals surface area contributed by atoms with Crippen molar-refractivity contribution in [2.75, 3.05) is 40.0 Å². The summed E-state index contributed by atoms with van der Waals surface area (Å²) in [5.74, 6) is 0.393. The van der Waals surface area contributed by atoms with Gasteiger partial charge < -0.3 is 28.6 Å². The van der Waals surface area contributed by atoms with Crippen LogP contribution in [0, 0.1) is 0 Å². The zero-order valence-corrected chi connectivity index (χ0v) is 18.1. The minimum atomic E-state index is -0.399. The lowest BCUT2D eigenvalue weighted by Gasteiger charge is -2.20. The standard InChI is InChI=1S/C23H26N2O7/c1-3-29-21-18(5-4-10-24-21)22(26)25-11-19-20(12-25)31-14-17(13-30-19)32-16-8-6-15(7-9-16)23(27)28-2/h4-10,17,19-20H,3,11-14H2,1-2H3/t19-,20-/m0/s1. The summed E-state index contributed by atoms with van der Waals surface area (Å²) in [6, 6.07) is 10.1. The number of methoxy groups -OCH3 is 1. The van der Waals surface area contributed by atoms with Crippen LogP contribution >= 0.6 is 0 Å². The Bertz CT molecular complexity index is 934. The molecule has 0 radical (unpaired) electrons. The van der Waals surface area contributed by atoms with Crippen molar-refractivity contribution >= 4 is 11.9 Å². The van der Waals surface area contributed by atoms with Crippen LogP contribution in [-0.2, 0) is 14.2 Å². The molecule has 4 rings (SSSR count). The highest BCUT2D eigenvalue weighted by Crippen LogP contribution is 2.25. The number of benzene rings is 1. The van der Waals surface area contributed by atoms with Crippen molar-refractivity contribution in [2.24, 2.45) is 0 Å². The number of carbonyl (C=O) groups is 2. The molecular formula is C23H26N2O7. The van der Waals surface area contributed by atoms with E-state index < -0.39 is 5.97 Å². The Labute approximate surface area is 186 Å². The van der Waals surface area contributed by atoms with Gasteiger partial charge in [-0.3, -0.25) is 4.79 Å². The summed E-state index contributed by atoms with van der Waals surface area (Å²) in [4.78, 5) is 30.4. The number of fused-ring (bicyclic) bond motifs is 1. The quantitative estimate of drug-likeness (QED) is 0.627. The molecule has 2 aliphatic heterocycles. The van der Waals surface area contributed by atoms with Gasteiger partial charge in [0.25, 0.3) is 5.91 Å². The second kappa shape index (κ2) is 9.97. The number of hydrogen-bond donors (Lipinski definition) is 0. The fourth-order valence-corrected chi connectivity index (χ4v) is 3.76. The minimum Gasteiger partial charge on any atom is -0.486 e. The molecule has 32 heavy (non-hydrogen) atoms. The Balaban J connectivity index is 1.33. The molecular weight excluding hydrogens is 416 g/mol. The van der Waals surface area contributed by atoms with Crippen molar-refractivity contribution in [2.45, 2.75) is 25.2 Å². The minimum absolute atomic E-state index is 0.152. The maximum absolute atomic E-state index is 13.0. The highest BCUT2D eigenvalue weighted by atomic mass is 16.6. The average molecular weight is 442 g/mol. The van der Waals surface area contributed by atoms with Gasteiger partial charge in [-0.15, -0.1) is 0 Å². The number of pyridine rings is 1. The molecule has 170 valence electrons. The van der Waals surface area contributed by atoms with Gasteiger partial charge in [0, 0.05) is 19.3 Å². The van der Waals surface area contributed by atoms with Crippen LogP contribution < -0.4 is 9.47 Å². The Hall–Kier alpha value is -3.17. The second-order valence-electron chi connectivity index (χ2n) is 7.50. The van der Waals surface area contributed by atoms with Gasteiger partial charge in [0.15, 0.2) is 0 Å². The third-order valence-corrected chi connectivity index (χ3v) is 5.36. The van der Waals surface area contributed by atoms with Crippen LogP contribution in [0.1, 0.15) is 27.6 Å². The predicted octanol–water partition coefficient (Wildman–Crippen LogP) is 1.95. The van der Waals surface area contributed by atoms with E-state index in [9.17, 15) is 9.59 Å². The Kier molecular flexibility index (Phi) is 6.87. The summed E-state index contributed by atoms with van der Waals surface area (Å²) < 4.78 is 28.2. The molecule has 2 fully saturated rings. The molecule has 0 unspecified atom stereocenters. The van der Waals surface area contributed by atoms with E-state index in [4.69, 9.17) is 23.7 Å². The molecule has 0 bridgehead atoms. The first-order valence-corrected chi connectivity index (χ1v) is 10.5. The first-order valence-electron chi connectivity index (χ1n) is 10.5. The molecule has 2 aliphatic rings. The van der Waals surface area contributed by atoms with Crippen molar-refractivity contribution in [3.8, 4) is 11.6 Å². The molecule has 1 aromatic heterocycles. The van der Waals surface area contributed by atoms with Gasteiger partial charge in [-0.25, -0.2) is 9.78 Å². The molecule has 2 aromatic rings. The Morgan fingerprint density at radius 1 is 1.09 bits per heavy atom. The lowest BCUT2D eigenvalue weighted by Crippen LogP contribution is -2.33. The zero-order valence-electron chi connectivity index (χ0n) is 18.1. The summed E-state index contributed by atoms with van der Waals surface area (Å²) in [5.41, 5.74) is 0.885. The molecule has 0 spiro atoms. The molecule has 1 aromatic carbocycles. The molecule has 0 saturated carbocycles. The summed E-state index contributed by atoms with van der Waals surface area (Å²) in [6.45, 7) is 3.79. The number of esters is 1. The van der Waals surface area contributed by atoms with Gasteiger partial charge in [-0.05, 0) is 43.3 Å². The van der Waals surface area contributed by atoms with Crippen molar-refractivity contribution < 1.29 is 33.3 Å². The largest absolute Gasteiger partial charge is 0.486 e. The Morgan fingerprint density at radius 2 is 1.78 bits per heavy atom. The fourth-order valence-electron chi connectivity index (χ4n) is 3.76. The van der Waals surface area contributed by atoms with Gasteiger partial charge >= 0.3 is 5.97 Å². The van der Waals surface area contributed by atoms with Gasteiger partial charge in [0.05, 0.1) is 32.5 Å². The van der Waals surface area contributed by atoms with Crippen LogP contribution in [0.3, 0.4) is 0 Å². The molecule has 9 nitrogen and oxygen atoms in total. The van der Waals surface area contributed by atoms with E-state index in [0.29, 0.717) is 55.7 Å². The first-order chi connectivity index (χ1) is 15.6. The fraction of sp³-hybridized carbons (Fsp3) is 0.435. The van der Waals surface area contributed by atoms with E-state index in [-0.39, 0.29) is 24.2 Å². The summed E-state index contributed by atoms with van der Waals surface area (Å²) in [7, 11) is 1.34. The van der Waals surface area contributed by atoms with Crippen molar-refractivity contribution in [3.63, 3.8) is 0 Å². The van der Waals surface area contributed by atoms with Crippen LogP contribution in [-0.4, -0.2) is 80.1 Å². The van der Waals surface area contributed by atoms with E-state index >= 15 is 0 Å². The number of hydrogen-bond acceptors (Lipinski definition) is 8. The number of ether oxygens (including phenoxy) is 5. The van der Waals surface area contributed by atoms with Gasteiger partial charge in [-0.2, -0.15) is 0 Å². The van der Waals surface area contributed by atoms with Crippen LogP contribution in [0.25, 0.3) is 0 Å². The summed E-state index contributed by atoms with van der Waals surface area (Å²) in [5, 5.41) is 0. The second-order valence-corrected chi connectivity index (χ2v) is 7.50. The average Bonchev–Trinajstić information content (AvgIpc) is 3.15. The third kappa shape index (κ3) is 4.84. The number of amides is 1. The lowest BCUT2D eigenvalue weighted by atomic mass is 10.2. The van der Waals surface area contributed by atoms with Crippen LogP contribution in [0.15, 0.2) is 42.6 Å². The topological polar surface area (TPSA) is 96.4 Å². The molecule has 2 atom stereocenters. The monoisotopic (exact) mass is 442 g/mol. The number of nitrogens with zero attached hydrogens (tertiary/aromatic N) is 2. The smallest absolute Gasteiger partial charge is 0.337 e.